The lowest BCUT2D eigenvalue weighted by Gasteiger charge is -2.48. The van der Waals surface area contributed by atoms with Crippen LogP contribution in [0.3, 0.4) is 0 Å². The van der Waals surface area contributed by atoms with Crippen LogP contribution in [-0.4, -0.2) is 48.4 Å². The predicted molar refractivity (Wildman–Crippen MR) is 114 cm³/mol. The summed E-state index contributed by atoms with van der Waals surface area (Å²) in [7, 11) is 0. The number of nitriles is 1. The van der Waals surface area contributed by atoms with E-state index < -0.39 is 12.1 Å². The smallest absolute Gasteiger partial charge is 0.475 e. The van der Waals surface area contributed by atoms with Crippen molar-refractivity contribution in [2.24, 2.45) is 5.41 Å². The number of hydrogen-bond donors (Lipinski definition) is 1. The van der Waals surface area contributed by atoms with E-state index in [1.54, 1.807) is 0 Å². The molecular weight excluding hydrogens is 421 g/mol. The number of halogens is 3. The highest BCUT2D eigenvalue weighted by molar-refractivity contribution is 5.73. The zero-order valence-electron chi connectivity index (χ0n) is 17.6. The minimum atomic E-state index is -5.08. The zero-order chi connectivity index (χ0) is 23.2. The summed E-state index contributed by atoms with van der Waals surface area (Å²) >= 11 is 0. The van der Waals surface area contributed by atoms with Crippen LogP contribution in [0.4, 0.5) is 24.5 Å². The molecule has 32 heavy (non-hydrogen) atoms. The lowest BCUT2D eigenvalue weighted by atomic mass is 9.72. The van der Waals surface area contributed by atoms with Crippen LogP contribution in [0.25, 0.3) is 0 Å². The predicted octanol–water partition coefficient (Wildman–Crippen LogP) is 4.47. The second kappa shape index (κ2) is 9.90. The molecule has 2 aromatic rings. The molecule has 2 saturated heterocycles. The Morgan fingerprint density at radius 1 is 1.03 bits per heavy atom. The third-order valence-corrected chi connectivity index (χ3v) is 6.10. The van der Waals surface area contributed by atoms with E-state index in [9.17, 15) is 13.2 Å². The van der Waals surface area contributed by atoms with Gasteiger partial charge >= 0.3 is 12.1 Å². The van der Waals surface area contributed by atoms with E-state index >= 15 is 0 Å². The summed E-state index contributed by atoms with van der Waals surface area (Å²) in [6.07, 6.45) is 3.81. The van der Waals surface area contributed by atoms with E-state index in [4.69, 9.17) is 15.2 Å². The number of piperidine rings is 2. The number of benzene rings is 1. The normalized spacial score (nSPS) is 17.8. The summed E-state index contributed by atoms with van der Waals surface area (Å²) in [6.45, 7) is 4.50. The molecule has 2 aliphatic heterocycles. The maximum absolute atomic E-state index is 10.6. The lowest BCUT2D eigenvalue weighted by molar-refractivity contribution is -0.192. The molecular formula is C23H25F3N4O2. The molecule has 9 heteroatoms. The van der Waals surface area contributed by atoms with Crippen LogP contribution in [0.1, 0.15) is 31.2 Å². The van der Waals surface area contributed by atoms with Crippen LogP contribution in [0.5, 0.6) is 0 Å². The van der Waals surface area contributed by atoms with E-state index in [0.29, 0.717) is 5.41 Å². The summed E-state index contributed by atoms with van der Waals surface area (Å²) < 4.78 is 31.7. The first-order valence-corrected chi connectivity index (χ1v) is 10.4. The van der Waals surface area contributed by atoms with E-state index in [1.807, 2.05) is 30.6 Å². The molecule has 1 spiro atoms. The van der Waals surface area contributed by atoms with Gasteiger partial charge in [-0.1, -0.05) is 0 Å². The zero-order valence-corrected chi connectivity index (χ0v) is 17.6. The maximum atomic E-state index is 10.6. The SMILES string of the molecule is N#Cc1ccc(N2CCCC3(CCN(c4cccnc4)CC3)C2)cc1.O=C(O)C(F)(F)F. The molecule has 1 N–H and O–H groups in total. The van der Waals surface area contributed by atoms with Crippen molar-refractivity contribution in [2.45, 2.75) is 31.9 Å². The van der Waals surface area contributed by atoms with Gasteiger partial charge in [0.1, 0.15) is 0 Å². The van der Waals surface area contributed by atoms with Crippen molar-refractivity contribution < 1.29 is 23.1 Å². The molecule has 0 saturated carbocycles. The van der Waals surface area contributed by atoms with Crippen LogP contribution < -0.4 is 9.80 Å². The number of pyridine rings is 1. The number of nitrogens with zero attached hydrogens (tertiary/aromatic N) is 4. The molecule has 3 heterocycles. The van der Waals surface area contributed by atoms with Gasteiger partial charge in [-0.3, -0.25) is 4.98 Å². The Bertz CT molecular complexity index is 934. The van der Waals surface area contributed by atoms with Crippen LogP contribution in [-0.2, 0) is 4.79 Å². The van der Waals surface area contributed by atoms with Crippen molar-refractivity contribution in [1.29, 1.82) is 5.26 Å². The number of alkyl halides is 3. The highest BCUT2D eigenvalue weighted by Gasteiger charge is 2.39. The molecule has 0 aliphatic carbocycles. The number of carbonyl (C=O) groups is 1. The van der Waals surface area contributed by atoms with Gasteiger partial charge in [-0.15, -0.1) is 0 Å². The number of aliphatic carboxylic acids is 1. The summed E-state index contributed by atoms with van der Waals surface area (Å²) in [5.41, 5.74) is 3.68. The molecule has 4 rings (SSSR count). The van der Waals surface area contributed by atoms with Crippen LogP contribution >= 0.6 is 0 Å². The second-order valence-electron chi connectivity index (χ2n) is 8.18. The first-order chi connectivity index (χ1) is 15.2. The van der Waals surface area contributed by atoms with Crippen LogP contribution in [0.2, 0.25) is 0 Å². The molecule has 0 bridgehead atoms. The Morgan fingerprint density at radius 3 is 2.22 bits per heavy atom. The van der Waals surface area contributed by atoms with Crippen molar-refractivity contribution >= 4 is 17.3 Å². The van der Waals surface area contributed by atoms with Gasteiger partial charge in [-0.05, 0) is 67.5 Å². The number of hydrogen-bond acceptors (Lipinski definition) is 5. The maximum Gasteiger partial charge on any atom is 0.490 e. The molecule has 0 unspecified atom stereocenters. The minimum absolute atomic E-state index is 0.435. The average Bonchev–Trinajstić information content (AvgIpc) is 2.80. The molecule has 2 aliphatic rings. The number of carboxylic acids is 1. The van der Waals surface area contributed by atoms with Crippen molar-refractivity contribution in [2.75, 3.05) is 36.0 Å². The number of aromatic nitrogens is 1. The van der Waals surface area contributed by atoms with Crippen molar-refractivity contribution in [3.8, 4) is 6.07 Å². The Balaban J connectivity index is 0.000000360. The van der Waals surface area contributed by atoms with Gasteiger partial charge < -0.3 is 14.9 Å². The molecule has 2 fully saturated rings. The third-order valence-electron chi connectivity index (χ3n) is 6.10. The van der Waals surface area contributed by atoms with Crippen molar-refractivity contribution in [3.63, 3.8) is 0 Å². The monoisotopic (exact) mass is 446 g/mol. The van der Waals surface area contributed by atoms with Gasteiger partial charge in [0.15, 0.2) is 0 Å². The van der Waals surface area contributed by atoms with Crippen molar-refractivity contribution in [3.05, 3.63) is 54.4 Å². The van der Waals surface area contributed by atoms with Gasteiger partial charge in [0.2, 0.25) is 0 Å². The van der Waals surface area contributed by atoms with Crippen LogP contribution in [0, 0.1) is 16.7 Å². The average molecular weight is 446 g/mol. The van der Waals surface area contributed by atoms with Gasteiger partial charge in [-0.2, -0.15) is 18.4 Å². The van der Waals surface area contributed by atoms with Gasteiger partial charge in [0, 0.05) is 38.1 Å². The van der Waals surface area contributed by atoms with Gasteiger partial charge in [0.25, 0.3) is 0 Å². The highest BCUT2D eigenvalue weighted by atomic mass is 19.4. The topological polar surface area (TPSA) is 80.5 Å². The molecule has 6 nitrogen and oxygen atoms in total. The summed E-state index contributed by atoms with van der Waals surface area (Å²) in [5, 5.41) is 16.1. The quantitative estimate of drug-likeness (QED) is 0.733. The Hall–Kier alpha value is -3.28. The number of anilines is 2. The summed E-state index contributed by atoms with van der Waals surface area (Å²) in [5.74, 6) is -2.76. The molecule has 0 amide bonds. The Labute approximate surface area is 184 Å². The van der Waals surface area contributed by atoms with E-state index in [0.717, 1.165) is 31.7 Å². The first kappa shape index (κ1) is 23.4. The summed E-state index contributed by atoms with van der Waals surface area (Å²) in [6, 6.07) is 14.5. The number of carboxylic acid groups (broad SMARTS) is 1. The van der Waals surface area contributed by atoms with Crippen molar-refractivity contribution in [1.82, 2.24) is 4.98 Å². The van der Waals surface area contributed by atoms with E-state index in [2.05, 4.69) is 39.1 Å². The molecule has 0 radical (unpaired) electrons. The molecule has 0 atom stereocenters. The van der Waals surface area contributed by atoms with Gasteiger partial charge in [0.05, 0.1) is 23.5 Å². The van der Waals surface area contributed by atoms with E-state index in [1.165, 1.54) is 37.1 Å². The van der Waals surface area contributed by atoms with Crippen LogP contribution in [0.15, 0.2) is 48.8 Å². The van der Waals surface area contributed by atoms with Gasteiger partial charge in [-0.25, -0.2) is 4.79 Å². The second-order valence-corrected chi connectivity index (χ2v) is 8.18. The fourth-order valence-corrected chi connectivity index (χ4v) is 4.36. The number of rotatable bonds is 2. The first-order valence-electron chi connectivity index (χ1n) is 10.4. The lowest BCUT2D eigenvalue weighted by Crippen LogP contribution is -2.49. The highest BCUT2D eigenvalue weighted by Crippen LogP contribution is 2.41. The standard InChI is InChI=1S/C21H24N4.C2HF3O2/c22-15-18-4-6-19(7-5-18)25-12-2-8-21(17-25)9-13-24(14-10-21)20-3-1-11-23-16-20;3-2(4,5)1(6)7/h1,3-7,11,16H,2,8-10,12-14,17H2;(H,6,7). The molecule has 1 aromatic heterocycles. The summed E-state index contributed by atoms with van der Waals surface area (Å²) in [4.78, 5) is 18.1. The Morgan fingerprint density at radius 2 is 1.69 bits per heavy atom. The minimum Gasteiger partial charge on any atom is -0.475 e. The Kier molecular flexibility index (Phi) is 7.23. The molecule has 170 valence electrons. The fourth-order valence-electron chi connectivity index (χ4n) is 4.36. The van der Waals surface area contributed by atoms with E-state index in [-0.39, 0.29) is 0 Å². The largest absolute Gasteiger partial charge is 0.490 e. The third kappa shape index (κ3) is 5.90. The molecule has 1 aromatic carbocycles. The fraction of sp³-hybridized carbons (Fsp3) is 0.435.